The summed E-state index contributed by atoms with van der Waals surface area (Å²) in [6.07, 6.45) is 2.36. The predicted molar refractivity (Wildman–Crippen MR) is 143 cm³/mol. The number of carbonyl (C=O) groups excluding carboxylic acids is 2. The highest BCUT2D eigenvalue weighted by Gasteiger charge is 2.31. The van der Waals surface area contributed by atoms with Crippen LogP contribution in [0.2, 0.25) is 0 Å². The van der Waals surface area contributed by atoms with Crippen LogP contribution in [-0.2, 0) is 32.6 Å². The Morgan fingerprint density at radius 1 is 0.892 bits per heavy atom. The van der Waals surface area contributed by atoms with Crippen molar-refractivity contribution in [2.45, 2.75) is 56.1 Å². The third-order valence-corrected chi connectivity index (χ3v) is 7.84. The zero-order valence-corrected chi connectivity index (χ0v) is 21.8. The molecule has 1 atom stereocenters. The molecular weight excluding hydrogens is 486 g/mol. The topological polar surface area (TPSA) is 95.6 Å². The molecule has 0 spiro atoms. The number of rotatable bonds is 12. The highest BCUT2D eigenvalue weighted by molar-refractivity contribution is 7.89. The van der Waals surface area contributed by atoms with Crippen LogP contribution in [0.3, 0.4) is 0 Å². The number of sulfonamides is 1. The first-order valence-corrected chi connectivity index (χ1v) is 14.1. The molecule has 3 aromatic carbocycles. The lowest BCUT2D eigenvalue weighted by Gasteiger charge is -2.31. The van der Waals surface area contributed by atoms with Crippen LogP contribution in [0.1, 0.15) is 48.9 Å². The van der Waals surface area contributed by atoms with Crippen molar-refractivity contribution in [3.63, 3.8) is 0 Å². The number of nitrogens with zero attached hydrogens (tertiary/aromatic N) is 1. The van der Waals surface area contributed by atoms with E-state index < -0.39 is 16.1 Å². The Hall–Kier alpha value is -3.49. The van der Waals surface area contributed by atoms with E-state index >= 15 is 0 Å². The van der Waals surface area contributed by atoms with Gasteiger partial charge in [0.2, 0.25) is 21.8 Å². The van der Waals surface area contributed by atoms with Gasteiger partial charge in [0.15, 0.2) is 0 Å². The van der Waals surface area contributed by atoms with Crippen molar-refractivity contribution in [1.29, 1.82) is 0 Å². The summed E-state index contributed by atoms with van der Waals surface area (Å²) >= 11 is 0. The van der Waals surface area contributed by atoms with Crippen molar-refractivity contribution in [3.05, 3.63) is 102 Å². The first-order valence-electron chi connectivity index (χ1n) is 12.6. The van der Waals surface area contributed by atoms with Crippen LogP contribution in [0.5, 0.6) is 0 Å². The molecule has 1 saturated carbocycles. The van der Waals surface area contributed by atoms with E-state index in [2.05, 4.69) is 10.0 Å². The molecule has 2 N–H and O–H groups in total. The van der Waals surface area contributed by atoms with Crippen molar-refractivity contribution in [2.24, 2.45) is 0 Å². The van der Waals surface area contributed by atoms with Crippen LogP contribution in [-0.4, -0.2) is 37.7 Å². The minimum Gasteiger partial charge on any atom is -0.354 e. The highest BCUT2D eigenvalue weighted by Crippen LogP contribution is 2.26. The Morgan fingerprint density at radius 2 is 1.51 bits per heavy atom. The smallest absolute Gasteiger partial charge is 0.247 e. The fraction of sp³-hybridized carbons (Fsp3) is 0.310. The molecule has 0 aromatic heterocycles. The summed E-state index contributed by atoms with van der Waals surface area (Å²) in [4.78, 5) is 28.7. The Morgan fingerprint density at radius 3 is 2.11 bits per heavy atom. The number of carbonyl (C=O) groups is 2. The zero-order chi connectivity index (χ0) is 26.3. The Balaban J connectivity index is 1.53. The van der Waals surface area contributed by atoms with Gasteiger partial charge in [-0.3, -0.25) is 9.59 Å². The van der Waals surface area contributed by atoms with Gasteiger partial charge in [0.25, 0.3) is 0 Å². The van der Waals surface area contributed by atoms with Gasteiger partial charge in [0.05, 0.1) is 4.90 Å². The lowest BCUT2D eigenvalue weighted by Crippen LogP contribution is -2.43. The molecule has 0 heterocycles. The van der Waals surface area contributed by atoms with Gasteiger partial charge in [-0.1, -0.05) is 72.8 Å². The summed E-state index contributed by atoms with van der Waals surface area (Å²) in [6, 6.07) is 24.9. The summed E-state index contributed by atoms with van der Waals surface area (Å²) < 4.78 is 27.6. The Bertz CT molecular complexity index is 1290. The van der Waals surface area contributed by atoms with E-state index in [0.29, 0.717) is 19.5 Å². The predicted octanol–water partition coefficient (Wildman–Crippen LogP) is 3.97. The minimum atomic E-state index is -3.52. The second kappa shape index (κ2) is 12.2. The molecule has 37 heavy (non-hydrogen) atoms. The molecule has 0 radical (unpaired) electrons. The molecule has 0 unspecified atom stereocenters. The third-order valence-electron chi connectivity index (χ3n) is 6.30. The van der Waals surface area contributed by atoms with Gasteiger partial charge in [-0.2, -0.15) is 0 Å². The molecule has 194 valence electrons. The maximum Gasteiger partial charge on any atom is 0.247 e. The van der Waals surface area contributed by atoms with Gasteiger partial charge in [-0.05, 0) is 55.0 Å². The molecule has 3 aromatic rings. The van der Waals surface area contributed by atoms with E-state index in [1.165, 1.54) is 0 Å². The fourth-order valence-electron chi connectivity index (χ4n) is 4.20. The molecule has 8 heteroatoms. The van der Waals surface area contributed by atoms with E-state index in [1.54, 1.807) is 29.2 Å². The van der Waals surface area contributed by atoms with Gasteiger partial charge >= 0.3 is 0 Å². The van der Waals surface area contributed by atoms with Gasteiger partial charge in [0, 0.05) is 25.6 Å². The number of hydrogen-bond donors (Lipinski definition) is 2. The van der Waals surface area contributed by atoms with Crippen LogP contribution in [0.4, 0.5) is 0 Å². The second-order valence-electron chi connectivity index (χ2n) is 9.25. The van der Waals surface area contributed by atoms with Crippen molar-refractivity contribution >= 4 is 21.8 Å². The number of likely N-dealkylation sites (N-methyl/N-ethyl adjacent to an activating group) is 1. The molecule has 1 aliphatic rings. The first-order chi connectivity index (χ1) is 17.9. The van der Waals surface area contributed by atoms with Crippen LogP contribution in [0.15, 0.2) is 89.8 Å². The van der Waals surface area contributed by atoms with E-state index in [4.69, 9.17) is 0 Å². The normalized spacial score (nSPS) is 14.1. The molecule has 0 saturated heterocycles. The number of aryl methyl sites for hydroxylation is 1. The van der Waals surface area contributed by atoms with Crippen LogP contribution < -0.4 is 10.0 Å². The van der Waals surface area contributed by atoms with Crippen LogP contribution in [0.25, 0.3) is 0 Å². The molecule has 7 nitrogen and oxygen atoms in total. The molecule has 1 fully saturated rings. The number of nitrogens with one attached hydrogen (secondary N) is 2. The standard InChI is InChI=1S/C29H33N3O4S/c1-2-30-29(34)28(24-11-7-4-8-12-24)32(21-23-9-5-3-6-10-23)27(33)20-15-22-13-18-26(19-14-22)37(35,36)31-25-16-17-25/h3-14,18-19,25,28,31H,2,15-17,20-21H2,1H3,(H,30,34)/t28-/m1/s1. The van der Waals surface area contributed by atoms with E-state index in [1.807, 2.05) is 67.6 Å². The Labute approximate surface area is 218 Å². The van der Waals surface area contributed by atoms with Gasteiger partial charge < -0.3 is 10.2 Å². The molecule has 0 bridgehead atoms. The zero-order valence-electron chi connectivity index (χ0n) is 21.0. The van der Waals surface area contributed by atoms with Crippen LogP contribution >= 0.6 is 0 Å². The lowest BCUT2D eigenvalue weighted by atomic mass is 10.0. The largest absolute Gasteiger partial charge is 0.354 e. The average Bonchev–Trinajstić information content (AvgIpc) is 3.72. The number of benzene rings is 3. The van der Waals surface area contributed by atoms with E-state index in [0.717, 1.165) is 29.5 Å². The summed E-state index contributed by atoms with van der Waals surface area (Å²) in [7, 11) is -3.52. The second-order valence-corrected chi connectivity index (χ2v) is 11.0. The third kappa shape index (κ3) is 7.27. The fourth-order valence-corrected chi connectivity index (χ4v) is 5.51. The van der Waals surface area contributed by atoms with Crippen molar-refractivity contribution < 1.29 is 18.0 Å². The molecule has 2 amide bonds. The minimum absolute atomic E-state index is 0.0420. The Kier molecular flexibility index (Phi) is 8.74. The molecule has 4 rings (SSSR count). The summed E-state index contributed by atoms with van der Waals surface area (Å²) in [5.74, 6) is -0.383. The first kappa shape index (κ1) is 26.6. The van der Waals surface area contributed by atoms with E-state index in [-0.39, 0.29) is 29.2 Å². The maximum atomic E-state index is 13.6. The molecular formula is C29H33N3O4S. The number of hydrogen-bond acceptors (Lipinski definition) is 4. The maximum absolute atomic E-state index is 13.6. The molecule has 1 aliphatic carbocycles. The van der Waals surface area contributed by atoms with Gasteiger partial charge in [-0.15, -0.1) is 0 Å². The lowest BCUT2D eigenvalue weighted by molar-refractivity contribution is -0.141. The summed E-state index contributed by atoms with van der Waals surface area (Å²) in [5.41, 5.74) is 2.53. The van der Waals surface area contributed by atoms with Crippen LogP contribution in [0, 0.1) is 0 Å². The SMILES string of the molecule is CCNC(=O)[C@@H](c1ccccc1)N(Cc1ccccc1)C(=O)CCc1ccc(S(=O)(=O)NC2CC2)cc1. The molecule has 0 aliphatic heterocycles. The number of amides is 2. The van der Waals surface area contributed by atoms with Crippen molar-refractivity contribution in [2.75, 3.05) is 6.54 Å². The quantitative estimate of drug-likeness (QED) is 0.379. The monoisotopic (exact) mass is 519 g/mol. The average molecular weight is 520 g/mol. The highest BCUT2D eigenvalue weighted by atomic mass is 32.2. The van der Waals surface area contributed by atoms with Gasteiger partial charge in [-0.25, -0.2) is 13.1 Å². The van der Waals surface area contributed by atoms with E-state index in [9.17, 15) is 18.0 Å². The summed E-state index contributed by atoms with van der Waals surface area (Å²) in [5, 5.41) is 2.88. The van der Waals surface area contributed by atoms with Crippen molar-refractivity contribution in [3.8, 4) is 0 Å². The summed E-state index contributed by atoms with van der Waals surface area (Å²) in [6.45, 7) is 2.61. The van der Waals surface area contributed by atoms with Crippen molar-refractivity contribution in [1.82, 2.24) is 14.9 Å². The van der Waals surface area contributed by atoms with Gasteiger partial charge in [0.1, 0.15) is 6.04 Å².